The van der Waals surface area contributed by atoms with Gasteiger partial charge in [-0.2, -0.15) is 0 Å². The molecule has 0 aromatic carbocycles. The SMILES string of the molecule is CC(=O)O[C@]1(C)CC[C@]2(C)[C@H]3[C@H](O)C[C@@H]4[C@@]5(C)CC[C@H](O[C@@H]6OC[C@@H](O)[C@H](O)[C@H]6O[C@@H]6O[C@@H](C)[C@H](O)[C@@H](O)[C@H]6O)C(C)(C)[C@@H]5CC[C@@]4(C)[C@]3(C)C[C@H](O)[C@@H]21. The Balaban J connectivity index is 1.13. The van der Waals surface area contributed by atoms with Crippen molar-refractivity contribution in [2.75, 3.05) is 6.61 Å². The fraction of sp³-hybridized carbons (Fsp3) is 0.976. The lowest BCUT2D eigenvalue weighted by Gasteiger charge is -2.74. The summed E-state index contributed by atoms with van der Waals surface area (Å²) >= 11 is 0. The maximum absolute atomic E-state index is 12.4. The number of aliphatic hydroxyl groups is 7. The second-order valence-corrected chi connectivity index (χ2v) is 20.5. The Kier molecular flexibility index (Phi) is 10.3. The topological polar surface area (TPSA) is 205 Å². The molecule has 0 aromatic rings. The Morgan fingerprint density at radius 2 is 1.35 bits per heavy atom. The molecule has 13 nitrogen and oxygen atoms in total. The highest BCUT2D eigenvalue weighted by Crippen LogP contribution is 2.78. The number of aliphatic hydroxyl groups excluding tert-OH is 7. The van der Waals surface area contributed by atoms with Gasteiger partial charge in [-0.3, -0.25) is 4.79 Å². The van der Waals surface area contributed by atoms with Crippen molar-refractivity contribution >= 4 is 5.97 Å². The minimum absolute atomic E-state index is 0.0638. The zero-order valence-electron chi connectivity index (χ0n) is 33.7. The fourth-order valence-electron chi connectivity index (χ4n) is 14.9. The van der Waals surface area contributed by atoms with Crippen molar-refractivity contribution < 1.29 is 64.2 Å². The summed E-state index contributed by atoms with van der Waals surface area (Å²) in [5.41, 5.74) is -2.28. The van der Waals surface area contributed by atoms with Crippen LogP contribution < -0.4 is 0 Å². The fourth-order valence-corrected chi connectivity index (χ4v) is 14.9. The number of carbonyl (C=O) groups excluding carboxylic acids is 1. The molecule has 0 aromatic heterocycles. The van der Waals surface area contributed by atoms with Crippen LogP contribution in [-0.4, -0.2) is 128 Å². The van der Waals surface area contributed by atoms with Crippen LogP contribution in [0.1, 0.15) is 114 Å². The van der Waals surface area contributed by atoms with E-state index in [4.69, 9.17) is 23.7 Å². The normalized spacial score (nSPS) is 58.3. The molecule has 21 atom stereocenters. The van der Waals surface area contributed by atoms with Gasteiger partial charge in [-0.15, -0.1) is 0 Å². The number of ether oxygens (including phenoxy) is 5. The van der Waals surface area contributed by atoms with Crippen LogP contribution in [0.5, 0.6) is 0 Å². The Morgan fingerprint density at radius 3 is 2.02 bits per heavy atom. The second-order valence-electron chi connectivity index (χ2n) is 20.5. The van der Waals surface area contributed by atoms with E-state index < -0.39 is 78.5 Å². The van der Waals surface area contributed by atoms with Gasteiger partial charge < -0.3 is 59.4 Å². The van der Waals surface area contributed by atoms with Crippen molar-refractivity contribution in [3.63, 3.8) is 0 Å². The minimum atomic E-state index is -1.61. The molecule has 2 heterocycles. The van der Waals surface area contributed by atoms with Gasteiger partial charge in [-0.1, -0.05) is 41.5 Å². The first-order chi connectivity index (χ1) is 25.0. The monoisotopic (exact) mass is 768 g/mol. The molecular weight excluding hydrogens is 700 g/mol. The van der Waals surface area contributed by atoms with Crippen molar-refractivity contribution in [2.45, 2.75) is 193 Å². The van der Waals surface area contributed by atoms with Crippen LogP contribution in [0.25, 0.3) is 0 Å². The van der Waals surface area contributed by atoms with Gasteiger partial charge in [-0.25, -0.2) is 0 Å². The minimum Gasteiger partial charge on any atom is -0.459 e. The molecule has 13 heteroatoms. The Hall–Kier alpha value is -0.970. The summed E-state index contributed by atoms with van der Waals surface area (Å²) in [4.78, 5) is 12.2. The molecule has 0 spiro atoms. The van der Waals surface area contributed by atoms with E-state index in [-0.39, 0.29) is 64.0 Å². The Labute approximate surface area is 320 Å². The molecule has 0 radical (unpaired) electrons. The molecule has 310 valence electrons. The zero-order valence-corrected chi connectivity index (χ0v) is 33.7. The zero-order chi connectivity index (χ0) is 39.7. The molecule has 7 aliphatic rings. The van der Waals surface area contributed by atoms with E-state index in [0.29, 0.717) is 25.7 Å². The molecule has 2 saturated heterocycles. The predicted octanol–water partition coefficient (Wildman–Crippen LogP) is 2.41. The lowest BCUT2D eigenvalue weighted by Crippen LogP contribution is -2.72. The van der Waals surface area contributed by atoms with Gasteiger partial charge in [0, 0.05) is 12.8 Å². The molecule has 0 bridgehead atoms. The van der Waals surface area contributed by atoms with Crippen molar-refractivity contribution in [1.82, 2.24) is 0 Å². The number of esters is 1. The lowest BCUT2D eigenvalue weighted by atomic mass is 9.31. The Bertz CT molecular complexity index is 1430. The summed E-state index contributed by atoms with van der Waals surface area (Å²) < 4.78 is 30.4. The van der Waals surface area contributed by atoms with Crippen molar-refractivity contribution in [2.24, 2.45) is 50.7 Å². The Morgan fingerprint density at radius 1 is 0.667 bits per heavy atom. The van der Waals surface area contributed by atoms with E-state index in [9.17, 15) is 40.5 Å². The summed E-state index contributed by atoms with van der Waals surface area (Å²) in [6.07, 6.45) is -7.44. The number of fused-ring (bicyclic) bond motifs is 7. The quantitative estimate of drug-likeness (QED) is 0.159. The highest BCUT2D eigenvalue weighted by Gasteiger charge is 2.76. The van der Waals surface area contributed by atoms with Crippen LogP contribution in [-0.2, 0) is 28.5 Å². The molecule has 7 fully saturated rings. The van der Waals surface area contributed by atoms with E-state index in [2.05, 4.69) is 41.5 Å². The lowest BCUT2D eigenvalue weighted by molar-refractivity contribution is -0.365. The third kappa shape index (κ3) is 5.83. The molecule has 5 saturated carbocycles. The highest BCUT2D eigenvalue weighted by molar-refractivity contribution is 5.66. The van der Waals surface area contributed by atoms with Gasteiger partial charge in [0.2, 0.25) is 0 Å². The van der Waals surface area contributed by atoms with Gasteiger partial charge in [0.25, 0.3) is 0 Å². The van der Waals surface area contributed by atoms with Crippen LogP contribution in [0.15, 0.2) is 0 Å². The third-order valence-corrected chi connectivity index (χ3v) is 17.3. The standard InChI is InChI=1S/C41H68O13/c1-19-27(46)29(48)30(49)34(51-19)53-31-28(47)23(45)18-50-35(31)52-26-11-12-37(5)24(36(26,3)4)10-13-39(7)25(37)16-21(43)32-38(6)14-15-41(9,54-20(2)42)33(38)22(44)17-40(32,39)8/h19,21-35,43-49H,10-18H2,1-9H3/t19-,21+,22-,23+,24-,25+,26-,27-,28-,29+,30+,31+,32+,33-,34-,35-,37-,38+,39+,40+,41+/m0/s1. The van der Waals surface area contributed by atoms with E-state index in [1.165, 1.54) is 6.92 Å². The molecule has 5 aliphatic carbocycles. The van der Waals surface area contributed by atoms with Gasteiger partial charge >= 0.3 is 5.97 Å². The van der Waals surface area contributed by atoms with Crippen LogP contribution in [0.2, 0.25) is 0 Å². The summed E-state index contributed by atoms with van der Waals surface area (Å²) in [5.74, 6) is -0.300. The molecule has 2 aliphatic heterocycles. The maximum Gasteiger partial charge on any atom is 0.303 e. The van der Waals surface area contributed by atoms with Gasteiger partial charge in [0.1, 0.15) is 42.2 Å². The van der Waals surface area contributed by atoms with Gasteiger partial charge in [-0.05, 0) is 110 Å². The predicted molar refractivity (Wildman–Crippen MR) is 193 cm³/mol. The largest absolute Gasteiger partial charge is 0.459 e. The summed E-state index contributed by atoms with van der Waals surface area (Å²) in [7, 11) is 0. The smallest absolute Gasteiger partial charge is 0.303 e. The van der Waals surface area contributed by atoms with Crippen molar-refractivity contribution in [3.05, 3.63) is 0 Å². The van der Waals surface area contributed by atoms with Crippen LogP contribution >= 0.6 is 0 Å². The van der Waals surface area contributed by atoms with Crippen LogP contribution in [0.3, 0.4) is 0 Å². The number of hydrogen-bond acceptors (Lipinski definition) is 13. The average molecular weight is 769 g/mol. The van der Waals surface area contributed by atoms with Crippen molar-refractivity contribution in [1.29, 1.82) is 0 Å². The van der Waals surface area contributed by atoms with E-state index in [1.807, 2.05) is 6.92 Å². The van der Waals surface area contributed by atoms with Gasteiger partial charge in [0.15, 0.2) is 12.6 Å². The van der Waals surface area contributed by atoms with Crippen LogP contribution in [0.4, 0.5) is 0 Å². The summed E-state index contributed by atoms with van der Waals surface area (Å²) in [5, 5.41) is 77.4. The van der Waals surface area contributed by atoms with Crippen LogP contribution in [0, 0.1) is 50.7 Å². The molecular formula is C41H68O13. The highest BCUT2D eigenvalue weighted by atomic mass is 16.8. The maximum atomic E-state index is 12.4. The molecule has 7 N–H and O–H groups in total. The van der Waals surface area contributed by atoms with E-state index in [1.54, 1.807) is 6.92 Å². The summed E-state index contributed by atoms with van der Waals surface area (Å²) in [6, 6.07) is 0. The number of hydrogen-bond donors (Lipinski definition) is 7. The molecule has 0 amide bonds. The molecule has 0 unspecified atom stereocenters. The first kappa shape index (κ1) is 41.2. The summed E-state index contributed by atoms with van der Waals surface area (Å²) in [6.45, 7) is 18.5. The second kappa shape index (κ2) is 13.5. The van der Waals surface area contributed by atoms with Gasteiger partial charge in [0.05, 0.1) is 31.0 Å². The number of rotatable bonds is 5. The third-order valence-electron chi connectivity index (χ3n) is 17.3. The molecule has 54 heavy (non-hydrogen) atoms. The first-order valence-corrected chi connectivity index (χ1v) is 20.5. The molecule has 7 rings (SSSR count). The first-order valence-electron chi connectivity index (χ1n) is 20.5. The number of carbonyl (C=O) groups is 1. The van der Waals surface area contributed by atoms with Crippen molar-refractivity contribution in [3.8, 4) is 0 Å². The average Bonchev–Trinajstić information content (AvgIpc) is 3.34. The van der Waals surface area contributed by atoms with E-state index in [0.717, 1.165) is 25.7 Å². The van der Waals surface area contributed by atoms with E-state index >= 15 is 0 Å².